The van der Waals surface area contributed by atoms with Gasteiger partial charge in [0.25, 0.3) is 0 Å². The molecular weight excluding hydrogens is 310 g/mol. The molecule has 0 aromatic rings. The van der Waals surface area contributed by atoms with E-state index < -0.39 is 11.5 Å². The van der Waals surface area contributed by atoms with E-state index in [1.165, 1.54) is 19.3 Å². The molecule has 0 radical (unpaired) electrons. The van der Waals surface area contributed by atoms with E-state index >= 15 is 0 Å². The van der Waals surface area contributed by atoms with Crippen LogP contribution in [0.2, 0.25) is 0 Å². The number of hydrogen-bond donors (Lipinski definition) is 4. The van der Waals surface area contributed by atoms with E-state index in [0.717, 1.165) is 25.7 Å². The van der Waals surface area contributed by atoms with Gasteiger partial charge in [0, 0.05) is 19.0 Å². The van der Waals surface area contributed by atoms with Crippen molar-refractivity contribution >= 4 is 17.9 Å². The number of hydrogen-bond acceptors (Lipinski definition) is 3. The van der Waals surface area contributed by atoms with Crippen LogP contribution in [0.5, 0.6) is 0 Å². The first-order valence-corrected chi connectivity index (χ1v) is 9.11. The molecule has 136 valence electrons. The summed E-state index contributed by atoms with van der Waals surface area (Å²) < 4.78 is 0. The van der Waals surface area contributed by atoms with Gasteiger partial charge in [-0.3, -0.25) is 4.79 Å². The van der Waals surface area contributed by atoms with E-state index in [4.69, 9.17) is 5.11 Å². The van der Waals surface area contributed by atoms with Crippen LogP contribution in [0, 0.1) is 0 Å². The SMILES string of the molecule is O=C(CCCCCNC(=O)NC1CCCCC1)NC1(C(=O)O)CC1. The molecule has 7 nitrogen and oxygen atoms in total. The first-order valence-electron chi connectivity index (χ1n) is 9.11. The molecule has 0 heterocycles. The zero-order valence-corrected chi connectivity index (χ0v) is 14.2. The van der Waals surface area contributed by atoms with E-state index in [1.807, 2.05) is 0 Å². The third-order valence-corrected chi connectivity index (χ3v) is 4.84. The molecular formula is C17H29N3O4. The molecule has 0 aromatic carbocycles. The average molecular weight is 339 g/mol. The first kappa shape index (κ1) is 18.5. The largest absolute Gasteiger partial charge is 0.480 e. The van der Waals surface area contributed by atoms with Crippen LogP contribution in [-0.2, 0) is 9.59 Å². The number of aliphatic carboxylic acids is 1. The summed E-state index contributed by atoms with van der Waals surface area (Å²) in [5.41, 5.74) is -0.990. The third-order valence-electron chi connectivity index (χ3n) is 4.84. The van der Waals surface area contributed by atoms with Crippen LogP contribution >= 0.6 is 0 Å². The fourth-order valence-corrected chi connectivity index (χ4v) is 3.12. The van der Waals surface area contributed by atoms with Crippen LogP contribution in [0.1, 0.15) is 70.6 Å². The van der Waals surface area contributed by atoms with E-state index in [-0.39, 0.29) is 11.9 Å². The number of carbonyl (C=O) groups is 3. The van der Waals surface area contributed by atoms with Crippen molar-refractivity contribution in [3.63, 3.8) is 0 Å². The van der Waals surface area contributed by atoms with Crippen LogP contribution in [0.3, 0.4) is 0 Å². The maximum atomic E-state index is 11.7. The van der Waals surface area contributed by atoms with E-state index in [9.17, 15) is 14.4 Å². The van der Waals surface area contributed by atoms with E-state index in [0.29, 0.717) is 38.3 Å². The predicted octanol–water partition coefficient (Wildman–Crippen LogP) is 1.91. The van der Waals surface area contributed by atoms with Crippen LogP contribution in [0.4, 0.5) is 4.79 Å². The number of urea groups is 1. The molecule has 3 amide bonds. The molecule has 0 aromatic heterocycles. The summed E-state index contributed by atoms with van der Waals surface area (Å²) in [6.45, 7) is 0.596. The van der Waals surface area contributed by atoms with Gasteiger partial charge < -0.3 is 21.1 Å². The standard InChI is InChI=1S/C17H29N3O4/c21-14(20-17(10-11-17)15(22)23)9-5-2-6-12-18-16(24)19-13-7-3-1-4-8-13/h13H,1-12H2,(H,20,21)(H,22,23)(H2,18,19,24). The Morgan fingerprint density at radius 2 is 1.71 bits per heavy atom. The molecule has 2 fully saturated rings. The number of unbranched alkanes of at least 4 members (excludes halogenated alkanes) is 2. The Kier molecular flexibility index (Phi) is 6.87. The van der Waals surface area contributed by atoms with Gasteiger partial charge >= 0.3 is 12.0 Å². The summed E-state index contributed by atoms with van der Waals surface area (Å²) in [6, 6.07) is 0.211. The lowest BCUT2D eigenvalue weighted by Gasteiger charge is -2.22. The second-order valence-corrected chi connectivity index (χ2v) is 6.98. The lowest BCUT2D eigenvalue weighted by molar-refractivity contribution is -0.143. The van der Waals surface area contributed by atoms with Gasteiger partial charge in [-0.15, -0.1) is 0 Å². The van der Waals surface area contributed by atoms with Crippen LogP contribution < -0.4 is 16.0 Å². The van der Waals surface area contributed by atoms with Crippen molar-refractivity contribution in [3.05, 3.63) is 0 Å². The van der Waals surface area contributed by atoms with Gasteiger partial charge in [-0.1, -0.05) is 25.7 Å². The molecule has 2 aliphatic carbocycles. The molecule has 0 saturated heterocycles. The van der Waals surface area contributed by atoms with Crippen molar-refractivity contribution in [2.24, 2.45) is 0 Å². The Morgan fingerprint density at radius 3 is 2.33 bits per heavy atom. The number of nitrogens with one attached hydrogen (secondary N) is 3. The molecule has 0 bridgehead atoms. The smallest absolute Gasteiger partial charge is 0.329 e. The molecule has 0 atom stereocenters. The van der Waals surface area contributed by atoms with Gasteiger partial charge in [0.1, 0.15) is 5.54 Å². The second kappa shape index (κ2) is 8.89. The van der Waals surface area contributed by atoms with Crippen LogP contribution in [0.15, 0.2) is 0 Å². The lowest BCUT2D eigenvalue weighted by Crippen LogP contribution is -2.43. The van der Waals surface area contributed by atoms with E-state index in [1.54, 1.807) is 0 Å². The van der Waals surface area contributed by atoms with Crippen molar-refractivity contribution in [2.45, 2.75) is 82.2 Å². The maximum Gasteiger partial charge on any atom is 0.329 e. The van der Waals surface area contributed by atoms with Gasteiger partial charge in [0.2, 0.25) is 5.91 Å². The predicted molar refractivity (Wildman–Crippen MR) is 89.6 cm³/mol. The molecule has 4 N–H and O–H groups in total. The maximum absolute atomic E-state index is 11.7. The summed E-state index contributed by atoms with van der Waals surface area (Å²) in [4.78, 5) is 34.4. The van der Waals surface area contributed by atoms with Gasteiger partial charge in [0.05, 0.1) is 0 Å². The number of rotatable bonds is 9. The highest BCUT2D eigenvalue weighted by molar-refractivity contribution is 5.89. The van der Waals surface area contributed by atoms with E-state index in [2.05, 4.69) is 16.0 Å². The van der Waals surface area contributed by atoms with Crippen molar-refractivity contribution in [3.8, 4) is 0 Å². The monoisotopic (exact) mass is 339 g/mol. The minimum Gasteiger partial charge on any atom is -0.480 e. The zero-order valence-electron chi connectivity index (χ0n) is 14.2. The Morgan fingerprint density at radius 1 is 1.00 bits per heavy atom. The summed E-state index contributed by atoms with van der Waals surface area (Å²) in [7, 11) is 0. The fourth-order valence-electron chi connectivity index (χ4n) is 3.12. The quantitative estimate of drug-likeness (QED) is 0.481. The zero-order chi connectivity index (χ0) is 17.4. The molecule has 24 heavy (non-hydrogen) atoms. The number of amides is 3. The fraction of sp³-hybridized carbons (Fsp3) is 0.824. The molecule has 7 heteroatoms. The van der Waals surface area contributed by atoms with Crippen molar-refractivity contribution in [1.82, 2.24) is 16.0 Å². The van der Waals surface area contributed by atoms with Gasteiger partial charge in [-0.05, 0) is 38.5 Å². The normalized spacial score (nSPS) is 19.3. The van der Waals surface area contributed by atoms with Crippen LogP contribution in [-0.4, -0.2) is 41.1 Å². The van der Waals surface area contributed by atoms with Crippen LogP contribution in [0.25, 0.3) is 0 Å². The first-order chi connectivity index (χ1) is 11.5. The molecule has 0 spiro atoms. The average Bonchev–Trinajstić information content (AvgIpc) is 3.32. The van der Waals surface area contributed by atoms with Crippen molar-refractivity contribution < 1.29 is 19.5 Å². The highest BCUT2D eigenvalue weighted by Gasteiger charge is 2.51. The molecule has 2 saturated carbocycles. The molecule has 0 unspecified atom stereocenters. The minimum absolute atomic E-state index is 0.100. The summed E-state index contributed by atoms with van der Waals surface area (Å²) in [6.07, 6.45) is 9.51. The number of carboxylic acid groups (broad SMARTS) is 1. The van der Waals surface area contributed by atoms with Crippen molar-refractivity contribution in [2.75, 3.05) is 6.54 Å². The van der Waals surface area contributed by atoms with Gasteiger partial charge in [-0.25, -0.2) is 9.59 Å². The molecule has 0 aliphatic heterocycles. The van der Waals surface area contributed by atoms with Gasteiger partial charge in [0.15, 0.2) is 0 Å². The highest BCUT2D eigenvalue weighted by Crippen LogP contribution is 2.35. The topological polar surface area (TPSA) is 108 Å². The molecule has 2 aliphatic rings. The lowest BCUT2D eigenvalue weighted by atomic mass is 9.96. The Labute approximate surface area is 142 Å². The summed E-state index contributed by atoms with van der Waals surface area (Å²) in [5.74, 6) is -1.14. The summed E-state index contributed by atoms with van der Waals surface area (Å²) in [5, 5.41) is 17.5. The molecule has 2 rings (SSSR count). The highest BCUT2D eigenvalue weighted by atomic mass is 16.4. The number of carbonyl (C=O) groups excluding carboxylic acids is 2. The Bertz CT molecular complexity index is 457. The minimum atomic E-state index is -0.990. The van der Waals surface area contributed by atoms with Gasteiger partial charge in [-0.2, -0.15) is 0 Å². The number of carboxylic acids is 1. The van der Waals surface area contributed by atoms with Crippen molar-refractivity contribution in [1.29, 1.82) is 0 Å². The Hall–Kier alpha value is -1.79. The summed E-state index contributed by atoms with van der Waals surface area (Å²) >= 11 is 0. The third kappa shape index (κ3) is 6.02. The second-order valence-electron chi connectivity index (χ2n) is 6.98. The Balaban J connectivity index is 1.45.